The van der Waals surface area contributed by atoms with Crippen LogP contribution in [0.4, 0.5) is 19.5 Å². The maximum absolute atomic E-state index is 14.5. The number of halogens is 2. The number of alkyl carbamates (subject to hydrolysis) is 1. The summed E-state index contributed by atoms with van der Waals surface area (Å²) in [5, 5.41) is 3.05. The Bertz CT molecular complexity index is 1640. The van der Waals surface area contributed by atoms with Crippen molar-refractivity contribution in [2.24, 2.45) is 0 Å². The molecule has 0 bridgehead atoms. The molecule has 8 nitrogen and oxygen atoms in total. The number of nitrogens with two attached hydrogens (primary N) is 1. The molecule has 0 fully saturated rings. The maximum atomic E-state index is 14.5. The van der Waals surface area contributed by atoms with Crippen LogP contribution in [0, 0.1) is 18.6 Å². The van der Waals surface area contributed by atoms with E-state index >= 15 is 0 Å². The van der Waals surface area contributed by atoms with E-state index in [2.05, 4.69) is 22.2 Å². The van der Waals surface area contributed by atoms with Crippen molar-refractivity contribution in [1.29, 1.82) is 0 Å². The second-order valence-electron chi connectivity index (χ2n) is 11.1. The van der Waals surface area contributed by atoms with Gasteiger partial charge in [-0.25, -0.2) is 23.5 Å². The van der Waals surface area contributed by atoms with Gasteiger partial charge < -0.3 is 20.7 Å². The van der Waals surface area contributed by atoms with Crippen LogP contribution in [-0.2, 0) is 24.2 Å². The molecular formula is C31H30F2N5O3. The fourth-order valence-electron chi connectivity index (χ4n) is 4.92. The van der Waals surface area contributed by atoms with Crippen molar-refractivity contribution in [1.82, 2.24) is 20.2 Å². The highest BCUT2D eigenvalue weighted by Gasteiger charge is 2.27. The summed E-state index contributed by atoms with van der Waals surface area (Å²) < 4.78 is 34.2. The van der Waals surface area contributed by atoms with Gasteiger partial charge in [-0.1, -0.05) is 30.3 Å². The maximum Gasteiger partial charge on any atom is 0.407 e. The summed E-state index contributed by atoms with van der Waals surface area (Å²) in [4.78, 5) is 36.1. The van der Waals surface area contributed by atoms with Crippen LogP contribution in [0.3, 0.4) is 0 Å². The van der Waals surface area contributed by atoms with E-state index in [1.54, 1.807) is 43.9 Å². The van der Waals surface area contributed by atoms with E-state index in [9.17, 15) is 18.4 Å². The Balaban J connectivity index is 1.50. The number of fused-ring (bicyclic) bond motifs is 2. The third-order valence-electron chi connectivity index (χ3n) is 6.69. The molecule has 0 spiro atoms. The number of carbonyl (C=O) groups excluding carboxylic acids is 2. The molecule has 2 heterocycles. The highest BCUT2D eigenvalue weighted by molar-refractivity contribution is 6.06. The Labute approximate surface area is 236 Å². The van der Waals surface area contributed by atoms with Crippen LogP contribution >= 0.6 is 0 Å². The Morgan fingerprint density at radius 2 is 1.71 bits per heavy atom. The predicted molar refractivity (Wildman–Crippen MR) is 152 cm³/mol. The van der Waals surface area contributed by atoms with Gasteiger partial charge in [-0.3, -0.25) is 4.79 Å². The smallest absolute Gasteiger partial charge is 0.407 e. The van der Waals surface area contributed by atoms with Crippen molar-refractivity contribution in [3.05, 3.63) is 95.5 Å². The number of hydrogen-bond donors (Lipinski definition) is 2. The lowest BCUT2D eigenvalue weighted by molar-refractivity contribution is 0.0513. The quantitative estimate of drug-likeness (QED) is 0.331. The van der Waals surface area contributed by atoms with E-state index in [4.69, 9.17) is 10.5 Å². The zero-order valence-corrected chi connectivity index (χ0v) is 23.0. The van der Waals surface area contributed by atoms with Gasteiger partial charge >= 0.3 is 6.09 Å². The van der Waals surface area contributed by atoms with Gasteiger partial charge in [-0.2, -0.15) is 0 Å². The van der Waals surface area contributed by atoms with Crippen molar-refractivity contribution in [2.75, 3.05) is 5.73 Å². The zero-order valence-electron chi connectivity index (χ0n) is 23.0. The van der Waals surface area contributed by atoms with E-state index in [0.29, 0.717) is 40.7 Å². The lowest BCUT2D eigenvalue weighted by Crippen LogP contribution is -2.38. The highest BCUT2D eigenvalue weighted by atomic mass is 19.2. The number of benzene rings is 3. The normalized spacial score (nSPS) is 13.7. The van der Waals surface area contributed by atoms with E-state index in [0.717, 1.165) is 23.3 Å². The number of anilines is 1. The van der Waals surface area contributed by atoms with E-state index < -0.39 is 29.4 Å². The lowest BCUT2D eigenvalue weighted by Gasteiger charge is -2.22. The Hall–Kier alpha value is -4.60. The first-order valence-corrected chi connectivity index (χ1v) is 13.1. The summed E-state index contributed by atoms with van der Waals surface area (Å²) in [6.45, 7) is 10.0. The standard InChI is InChI=1S/C31H30F2N5O3/c1-17(35-30(40)41-31(2,3)4)11-21-13-24(32)25(33)14-22(21)18-9-10-26-23(12-18)27(37-29(34)36-26)28(39)38-15-19-7-5-6-8-20(19)16-38/h5-10,12-14,17H,1,11,15-16H2,2-4H3,(H,35,40)(H2,34,36,37). The van der Waals surface area contributed by atoms with Gasteiger partial charge in [-0.15, -0.1) is 0 Å². The molecule has 1 aromatic heterocycles. The number of ether oxygens (including phenoxy) is 1. The van der Waals surface area contributed by atoms with Crippen LogP contribution in [0.1, 0.15) is 48.0 Å². The molecule has 0 aliphatic carbocycles. The molecule has 3 N–H and O–H groups in total. The minimum Gasteiger partial charge on any atom is -0.444 e. The molecule has 1 aliphatic heterocycles. The van der Waals surface area contributed by atoms with Gasteiger partial charge in [0.15, 0.2) is 11.6 Å². The number of nitrogen functional groups attached to an aromatic ring is 1. The predicted octanol–water partition coefficient (Wildman–Crippen LogP) is 5.58. The molecule has 0 saturated heterocycles. The molecule has 5 rings (SSSR count). The molecule has 1 unspecified atom stereocenters. The molecule has 4 aromatic rings. The average molecular weight is 559 g/mol. The number of carbonyl (C=O) groups is 2. The van der Waals surface area contributed by atoms with Gasteiger partial charge in [0.05, 0.1) is 5.52 Å². The molecule has 1 aliphatic rings. The summed E-state index contributed by atoms with van der Waals surface area (Å²) >= 11 is 0. The molecule has 0 saturated carbocycles. The Morgan fingerprint density at radius 1 is 1.05 bits per heavy atom. The first-order valence-electron chi connectivity index (χ1n) is 13.1. The lowest BCUT2D eigenvalue weighted by atomic mass is 9.94. The summed E-state index contributed by atoms with van der Waals surface area (Å²) in [6, 6.07) is 14.3. The SMILES string of the molecule is [CH2]C(Cc1cc(F)c(F)cc1-c1ccc2nc(N)nc(C(=O)N3Cc4ccccc4C3)c2c1)NC(=O)OC(C)(C)C. The van der Waals surface area contributed by atoms with Crippen molar-refractivity contribution in [3.8, 4) is 11.1 Å². The highest BCUT2D eigenvalue weighted by Crippen LogP contribution is 2.32. The topological polar surface area (TPSA) is 110 Å². The van der Waals surface area contributed by atoms with Crippen molar-refractivity contribution < 1.29 is 23.1 Å². The minimum atomic E-state index is -1.04. The molecule has 2 amide bonds. The first kappa shape index (κ1) is 27.9. The van der Waals surface area contributed by atoms with Crippen LogP contribution in [0.25, 0.3) is 22.0 Å². The Kier molecular flexibility index (Phi) is 7.33. The van der Waals surface area contributed by atoms with Gasteiger partial charge in [-0.05, 0) is 86.2 Å². The number of aromatic nitrogens is 2. The third kappa shape index (κ3) is 6.11. The van der Waals surface area contributed by atoms with Crippen LogP contribution in [0.2, 0.25) is 0 Å². The van der Waals surface area contributed by atoms with Crippen molar-refractivity contribution >= 4 is 28.9 Å². The fraction of sp³-hybridized carbons (Fsp3) is 0.258. The molecule has 41 heavy (non-hydrogen) atoms. The third-order valence-corrected chi connectivity index (χ3v) is 6.69. The minimum absolute atomic E-state index is 0.0491. The van der Waals surface area contributed by atoms with E-state index in [-0.39, 0.29) is 24.0 Å². The number of rotatable bonds is 5. The van der Waals surface area contributed by atoms with Crippen LogP contribution < -0.4 is 11.1 Å². The average Bonchev–Trinajstić information content (AvgIpc) is 3.33. The number of nitrogens with zero attached hydrogens (tertiary/aromatic N) is 3. The molecule has 211 valence electrons. The fourth-order valence-corrected chi connectivity index (χ4v) is 4.92. The van der Waals surface area contributed by atoms with Gasteiger partial charge in [0, 0.05) is 24.5 Å². The number of hydrogen-bond acceptors (Lipinski definition) is 6. The molecule has 1 atom stereocenters. The number of nitrogens with one attached hydrogen (secondary N) is 1. The summed E-state index contributed by atoms with van der Waals surface area (Å²) in [5.41, 5.74) is 9.19. The van der Waals surface area contributed by atoms with Gasteiger partial charge in [0.25, 0.3) is 5.91 Å². The van der Waals surface area contributed by atoms with Gasteiger partial charge in [0.2, 0.25) is 5.95 Å². The molecular weight excluding hydrogens is 528 g/mol. The first-order chi connectivity index (χ1) is 19.4. The summed E-state index contributed by atoms with van der Waals surface area (Å²) in [6.07, 6.45) is -0.589. The second kappa shape index (κ2) is 10.8. The molecule has 3 aromatic carbocycles. The zero-order chi connectivity index (χ0) is 29.5. The van der Waals surface area contributed by atoms with Crippen LogP contribution in [0.15, 0.2) is 54.6 Å². The van der Waals surface area contributed by atoms with Crippen LogP contribution in [0.5, 0.6) is 0 Å². The number of amides is 2. The Morgan fingerprint density at radius 3 is 2.37 bits per heavy atom. The van der Waals surface area contributed by atoms with Gasteiger partial charge in [0.1, 0.15) is 11.3 Å². The monoisotopic (exact) mass is 558 g/mol. The van der Waals surface area contributed by atoms with Crippen LogP contribution in [-0.4, -0.2) is 38.5 Å². The summed E-state index contributed by atoms with van der Waals surface area (Å²) in [5.74, 6) is -2.44. The van der Waals surface area contributed by atoms with E-state index in [1.165, 1.54) is 0 Å². The van der Waals surface area contributed by atoms with E-state index in [1.807, 2.05) is 24.3 Å². The van der Waals surface area contributed by atoms with Crippen molar-refractivity contribution in [3.63, 3.8) is 0 Å². The van der Waals surface area contributed by atoms with Crippen molar-refractivity contribution in [2.45, 2.75) is 51.9 Å². The summed E-state index contributed by atoms with van der Waals surface area (Å²) in [7, 11) is 0. The largest absolute Gasteiger partial charge is 0.444 e. The molecule has 10 heteroatoms. The second-order valence-corrected chi connectivity index (χ2v) is 11.1. The molecule has 1 radical (unpaired) electrons.